The molecule has 1 unspecified atom stereocenters. The second-order valence-corrected chi connectivity index (χ2v) is 20.0. The lowest BCUT2D eigenvalue weighted by molar-refractivity contribution is 0.0536. The summed E-state index contributed by atoms with van der Waals surface area (Å²) in [7, 11) is -3.64. The zero-order valence-corrected chi connectivity index (χ0v) is 20.8. The lowest BCUT2D eigenvalue weighted by atomic mass is 10.3. The van der Waals surface area contributed by atoms with Gasteiger partial charge < -0.3 is 13.3 Å². The molecule has 152 valence electrons. The predicted molar refractivity (Wildman–Crippen MR) is 118 cm³/mol. The molecule has 0 bridgehead atoms. The van der Waals surface area contributed by atoms with Gasteiger partial charge in [0.2, 0.25) is 0 Å². The van der Waals surface area contributed by atoms with Crippen molar-refractivity contribution in [3.8, 4) is 0 Å². The van der Waals surface area contributed by atoms with Crippen LogP contribution in [0.15, 0.2) is 0 Å². The normalized spacial score (nSPS) is 14.0. The molecule has 3 nitrogen and oxygen atoms in total. The molecule has 25 heavy (non-hydrogen) atoms. The minimum Gasteiger partial charge on any atom is -0.373 e. The summed E-state index contributed by atoms with van der Waals surface area (Å²) in [4.78, 5) is 0. The Labute approximate surface area is 164 Å². The van der Waals surface area contributed by atoms with Crippen molar-refractivity contribution >= 4 is 27.2 Å². The van der Waals surface area contributed by atoms with Crippen molar-refractivity contribution in [2.24, 2.45) is 5.92 Å². The molecule has 1 atom stereocenters. The summed E-state index contributed by atoms with van der Waals surface area (Å²) in [6, 6.07) is 0.960. The fourth-order valence-electron chi connectivity index (χ4n) is 2.30. The lowest BCUT2D eigenvalue weighted by Crippen LogP contribution is -2.48. The molecule has 0 aromatic heterocycles. The molecule has 0 spiro atoms. The Kier molecular flexibility index (Phi) is 15.1. The highest BCUT2D eigenvalue weighted by Crippen LogP contribution is 2.28. The van der Waals surface area contributed by atoms with E-state index >= 15 is 0 Å². The van der Waals surface area contributed by atoms with Gasteiger partial charge in [-0.25, -0.2) is 0 Å². The van der Waals surface area contributed by atoms with Gasteiger partial charge in [0.05, 0.1) is 0 Å². The van der Waals surface area contributed by atoms with E-state index in [0.717, 1.165) is 64.4 Å². The van der Waals surface area contributed by atoms with Gasteiger partial charge in [-0.05, 0) is 30.9 Å². The highest BCUT2D eigenvalue weighted by atomic mass is 32.4. The van der Waals surface area contributed by atoms with Crippen LogP contribution in [-0.4, -0.2) is 41.6 Å². The summed E-state index contributed by atoms with van der Waals surface area (Å²) < 4.78 is 19.1. The maximum absolute atomic E-state index is 6.36. The van der Waals surface area contributed by atoms with E-state index in [1.807, 2.05) is 0 Å². The van der Waals surface area contributed by atoms with Crippen LogP contribution in [0.25, 0.3) is 0 Å². The monoisotopic (exact) mass is 408 g/mol. The van der Waals surface area contributed by atoms with Crippen molar-refractivity contribution in [2.75, 3.05) is 25.6 Å². The van der Waals surface area contributed by atoms with Gasteiger partial charge in [-0.15, -0.1) is 0 Å². The van der Waals surface area contributed by atoms with Gasteiger partial charge in [0.1, 0.15) is 7.22 Å². The van der Waals surface area contributed by atoms with Crippen molar-refractivity contribution in [2.45, 2.75) is 91.9 Å². The Morgan fingerprint density at radius 2 is 1.16 bits per heavy atom. The summed E-state index contributed by atoms with van der Waals surface area (Å²) in [5.41, 5.74) is 0. The van der Waals surface area contributed by atoms with Gasteiger partial charge in [0.25, 0.3) is 0 Å². The molecule has 0 aromatic rings. The van der Waals surface area contributed by atoms with E-state index in [1.54, 1.807) is 0 Å². The van der Waals surface area contributed by atoms with Crippen molar-refractivity contribution < 1.29 is 13.3 Å². The average molecular weight is 409 g/mol. The van der Waals surface area contributed by atoms with Crippen LogP contribution in [0.1, 0.15) is 66.2 Å². The summed E-state index contributed by atoms with van der Waals surface area (Å²) in [6.45, 7) is 18.5. The zero-order chi connectivity index (χ0) is 19.2. The van der Waals surface area contributed by atoms with E-state index in [2.05, 4.69) is 58.5 Å². The highest BCUT2D eigenvalue weighted by molar-refractivity contribution is 8.28. The van der Waals surface area contributed by atoms with Gasteiger partial charge in [-0.2, -0.15) is 11.2 Å². The van der Waals surface area contributed by atoms with Crippen LogP contribution in [0.5, 0.6) is 0 Å². The number of hydrogen-bond donors (Lipinski definition) is 0. The molecule has 0 aliphatic heterocycles. The maximum atomic E-state index is 6.36. The topological polar surface area (TPSA) is 27.7 Å². The smallest absolute Gasteiger partial charge is 0.373 e. The van der Waals surface area contributed by atoms with Gasteiger partial charge in [0, 0.05) is 25.9 Å². The molecule has 0 aromatic carbocycles. The summed E-state index contributed by atoms with van der Waals surface area (Å²) in [6.07, 6.45) is 6.70. The highest BCUT2D eigenvalue weighted by Gasteiger charge is 2.42. The van der Waals surface area contributed by atoms with Crippen LogP contribution in [0, 0.1) is 5.92 Å². The Bertz CT molecular complexity index is 285. The second kappa shape index (κ2) is 14.7. The molecule has 0 amide bonds. The fourth-order valence-corrected chi connectivity index (χ4v) is 8.73. The molecule has 0 saturated carbocycles. The van der Waals surface area contributed by atoms with Gasteiger partial charge >= 0.3 is 8.80 Å². The van der Waals surface area contributed by atoms with Crippen LogP contribution in [0.3, 0.4) is 0 Å². The Morgan fingerprint density at radius 1 is 0.760 bits per heavy atom. The number of hydrogen-bond acceptors (Lipinski definition) is 4. The fraction of sp³-hybridized carbons (Fsp3) is 1.00. The summed E-state index contributed by atoms with van der Waals surface area (Å²) in [5.74, 6) is 1.77. The third-order valence-electron chi connectivity index (χ3n) is 3.86. The van der Waals surface area contributed by atoms with Gasteiger partial charge in [0.15, 0.2) is 0 Å². The minimum atomic E-state index is -2.56. The van der Waals surface area contributed by atoms with E-state index in [1.165, 1.54) is 5.75 Å². The van der Waals surface area contributed by atoms with E-state index in [9.17, 15) is 0 Å². The summed E-state index contributed by atoms with van der Waals surface area (Å²) >= 11 is 2.16. The van der Waals surface area contributed by atoms with Crippen molar-refractivity contribution in [1.82, 2.24) is 0 Å². The first-order valence-corrected chi connectivity index (χ1v) is 17.5. The molecule has 0 radical (unpaired) electrons. The molecule has 6 heteroatoms. The molecule has 0 fully saturated rings. The lowest BCUT2D eigenvalue weighted by Gasteiger charge is -2.32. The first-order chi connectivity index (χ1) is 11.8. The molecule has 0 aliphatic rings. The third-order valence-corrected chi connectivity index (χ3v) is 11.7. The Morgan fingerprint density at radius 3 is 1.48 bits per heavy atom. The van der Waals surface area contributed by atoms with Crippen molar-refractivity contribution in [3.63, 3.8) is 0 Å². The van der Waals surface area contributed by atoms with Crippen LogP contribution in [-0.2, 0) is 13.3 Å². The average Bonchev–Trinajstić information content (AvgIpc) is 2.53. The standard InChI is InChI=1S/C19H44O3SSi2/c1-8-11-14-20-25(21-15-12-9-2,22-16-13-10-3)18-19(4)17-23-24(5,6)7/h19H,8-18H2,1-7H3. The van der Waals surface area contributed by atoms with Crippen molar-refractivity contribution in [1.29, 1.82) is 0 Å². The molecule has 0 saturated heterocycles. The molecule has 0 heterocycles. The first-order valence-electron chi connectivity index (χ1n) is 10.3. The predicted octanol–water partition coefficient (Wildman–Crippen LogP) is 6.58. The number of unbranched alkanes of at least 4 members (excludes halogenated alkanes) is 3. The van der Waals surface area contributed by atoms with Crippen LogP contribution in [0.4, 0.5) is 0 Å². The maximum Gasteiger partial charge on any atom is 0.501 e. The van der Waals surface area contributed by atoms with Crippen LogP contribution >= 0.6 is 11.2 Å². The Hall–Kier alpha value is 0.664. The van der Waals surface area contributed by atoms with Crippen LogP contribution < -0.4 is 0 Å². The molecule has 0 rings (SSSR count). The third kappa shape index (κ3) is 14.4. The van der Waals surface area contributed by atoms with E-state index in [-0.39, 0.29) is 0 Å². The van der Waals surface area contributed by atoms with E-state index in [4.69, 9.17) is 13.3 Å². The van der Waals surface area contributed by atoms with Crippen LogP contribution in [0.2, 0.25) is 25.7 Å². The minimum absolute atomic E-state index is 0.577. The molecular weight excluding hydrogens is 364 g/mol. The van der Waals surface area contributed by atoms with Gasteiger partial charge in [-0.3, -0.25) is 0 Å². The first kappa shape index (κ1) is 25.7. The van der Waals surface area contributed by atoms with E-state index < -0.39 is 16.0 Å². The molecule has 0 N–H and O–H groups in total. The zero-order valence-electron chi connectivity index (χ0n) is 18.0. The van der Waals surface area contributed by atoms with Gasteiger partial charge in [-0.1, -0.05) is 66.6 Å². The number of rotatable bonds is 17. The van der Waals surface area contributed by atoms with Crippen molar-refractivity contribution in [3.05, 3.63) is 0 Å². The second-order valence-electron chi connectivity index (χ2n) is 8.02. The quantitative estimate of drug-likeness (QED) is 0.201. The summed E-state index contributed by atoms with van der Waals surface area (Å²) in [5, 5.41) is 0. The largest absolute Gasteiger partial charge is 0.501 e. The SMILES string of the molecule is CCCCO[Si](CC(C)CS[Si](C)(C)C)(OCCCC)OCCCC. The van der Waals surface area contributed by atoms with E-state index in [0.29, 0.717) is 5.92 Å². The molecule has 0 aliphatic carbocycles. The molecular formula is C19H44O3SSi2. The Balaban J connectivity index is 4.90.